The van der Waals surface area contributed by atoms with Crippen molar-refractivity contribution in [1.29, 1.82) is 5.26 Å². The van der Waals surface area contributed by atoms with Crippen molar-refractivity contribution in [3.8, 4) is 6.07 Å². The second-order valence-corrected chi connectivity index (χ2v) is 29.5. The molecule has 0 aromatic rings. The van der Waals surface area contributed by atoms with E-state index in [9.17, 15) is 5.26 Å². The average molecular weight is 550 g/mol. The Morgan fingerprint density at radius 2 is 1.47 bits per heavy atom. The summed E-state index contributed by atoms with van der Waals surface area (Å²) in [6.45, 7) is 36.1. The molecular formula is C29H55NO3Si3. The maximum Gasteiger partial charge on any atom is 0.241 e. The molecule has 0 aromatic carbocycles. The summed E-state index contributed by atoms with van der Waals surface area (Å²) in [5.41, 5.74) is -1.32. The lowest BCUT2D eigenvalue weighted by Gasteiger charge is -2.59. The first-order chi connectivity index (χ1) is 16.0. The van der Waals surface area contributed by atoms with Gasteiger partial charge in [0.05, 0.1) is 29.5 Å². The molecule has 7 heteroatoms. The van der Waals surface area contributed by atoms with Crippen molar-refractivity contribution in [2.45, 2.75) is 136 Å². The smallest absolute Gasteiger partial charge is 0.241 e. The van der Waals surface area contributed by atoms with Crippen LogP contribution in [0.4, 0.5) is 0 Å². The van der Waals surface area contributed by atoms with E-state index < -0.39 is 35.8 Å². The van der Waals surface area contributed by atoms with Gasteiger partial charge in [0.25, 0.3) is 0 Å². The molecule has 0 N–H and O–H groups in total. The number of nitrogens with zero attached hydrogens (tertiary/aromatic N) is 1. The van der Waals surface area contributed by atoms with Crippen LogP contribution in [-0.2, 0) is 13.3 Å². The molecule has 0 unspecified atom stereocenters. The lowest BCUT2D eigenvalue weighted by Crippen LogP contribution is -2.65. The molecule has 206 valence electrons. The van der Waals surface area contributed by atoms with Gasteiger partial charge in [-0.25, -0.2) is 0 Å². The first-order valence-corrected chi connectivity index (χ1v) is 23.0. The number of allylic oxidation sites excluding steroid dienone is 2. The summed E-state index contributed by atoms with van der Waals surface area (Å²) in [6, 6.07) is 2.86. The van der Waals surface area contributed by atoms with Crippen molar-refractivity contribution < 1.29 is 13.3 Å². The molecular weight excluding hydrogens is 495 g/mol. The first kappa shape index (κ1) is 31.6. The van der Waals surface area contributed by atoms with Crippen LogP contribution < -0.4 is 0 Å². The van der Waals surface area contributed by atoms with Crippen LogP contribution in [0, 0.1) is 28.1 Å². The number of hydrogen-bond donors (Lipinski definition) is 0. The van der Waals surface area contributed by atoms with Crippen LogP contribution in [0.2, 0.25) is 55.9 Å². The first-order valence-electron chi connectivity index (χ1n) is 13.7. The largest absolute Gasteiger partial charge is 0.548 e. The molecule has 0 spiro atoms. The van der Waals surface area contributed by atoms with E-state index >= 15 is 0 Å². The number of nitriles is 1. The molecule has 2 aliphatic rings. The predicted molar refractivity (Wildman–Crippen MR) is 160 cm³/mol. The summed E-state index contributed by atoms with van der Waals surface area (Å²) in [5.74, 6) is 1.20. The van der Waals surface area contributed by atoms with Gasteiger partial charge in [-0.2, -0.15) is 5.26 Å². The highest BCUT2D eigenvalue weighted by atomic mass is 28.4. The van der Waals surface area contributed by atoms with E-state index in [-0.39, 0.29) is 28.2 Å². The van der Waals surface area contributed by atoms with E-state index in [1.165, 1.54) is 0 Å². The highest BCUT2D eigenvalue weighted by Crippen LogP contribution is 2.61. The fourth-order valence-electron chi connectivity index (χ4n) is 5.20. The summed E-state index contributed by atoms with van der Waals surface area (Å²) in [4.78, 5) is 0. The number of fused-ring (bicyclic) bond motifs is 2. The standard InChI is InChI=1S/C29H55NO3Si3/c1-16-28(8)24(32-35(12,13)26(2,3)4)20-22-19-23(31-34(9,10)11)17-18-29(28,21-30)25(22)33-36(14,15)27(5,6)7/h16-17,22,24-25H,1,18-20H2,2-15H3/t22-,24+,25-,28-,29+/m1/s1. The van der Waals surface area contributed by atoms with Crippen LogP contribution in [0.5, 0.6) is 0 Å². The molecule has 2 bridgehead atoms. The molecule has 0 aromatic heterocycles. The highest BCUT2D eigenvalue weighted by Gasteiger charge is 2.65. The molecule has 0 amide bonds. The summed E-state index contributed by atoms with van der Waals surface area (Å²) < 4.78 is 21.0. The molecule has 4 nitrogen and oxygen atoms in total. The molecule has 0 heterocycles. The number of hydrogen-bond acceptors (Lipinski definition) is 4. The Balaban J connectivity index is 2.72. The molecule has 1 saturated carbocycles. The summed E-state index contributed by atoms with van der Waals surface area (Å²) in [7, 11) is -6.05. The minimum absolute atomic E-state index is 0.0525. The van der Waals surface area contributed by atoms with Crippen molar-refractivity contribution in [2.75, 3.05) is 0 Å². The van der Waals surface area contributed by atoms with Gasteiger partial charge in [0.1, 0.15) is 0 Å². The second-order valence-electron chi connectivity index (χ2n) is 15.5. The molecule has 36 heavy (non-hydrogen) atoms. The maximum absolute atomic E-state index is 11.1. The van der Waals surface area contributed by atoms with E-state index in [2.05, 4.69) is 113 Å². The van der Waals surface area contributed by atoms with E-state index in [4.69, 9.17) is 13.3 Å². The van der Waals surface area contributed by atoms with Crippen molar-refractivity contribution >= 4 is 25.0 Å². The SMILES string of the molecule is C=C[C@]1(C)[C@@H](O[Si](C)(C)C(C)(C)C)C[C@H]2CC(O[Si](C)(C)C)=CC[C@]1(C#N)[C@@H]2O[Si](C)(C)C(C)(C)C. The quantitative estimate of drug-likeness (QED) is 0.235. The van der Waals surface area contributed by atoms with Gasteiger partial charge >= 0.3 is 0 Å². The zero-order chi connectivity index (χ0) is 28.2. The summed E-state index contributed by atoms with van der Waals surface area (Å²) in [5, 5.41) is 11.2. The van der Waals surface area contributed by atoms with Crippen LogP contribution in [0.1, 0.15) is 67.7 Å². The van der Waals surface area contributed by atoms with Gasteiger partial charge in [-0.1, -0.05) is 54.5 Å². The molecule has 2 aliphatic carbocycles. The minimum Gasteiger partial charge on any atom is -0.548 e. The topological polar surface area (TPSA) is 51.5 Å². The highest BCUT2D eigenvalue weighted by molar-refractivity contribution is 6.74. The molecule has 0 aliphatic heterocycles. The van der Waals surface area contributed by atoms with Gasteiger partial charge in [0.15, 0.2) is 16.6 Å². The monoisotopic (exact) mass is 549 g/mol. The Morgan fingerprint density at radius 3 is 1.89 bits per heavy atom. The Morgan fingerprint density at radius 1 is 0.972 bits per heavy atom. The van der Waals surface area contributed by atoms with Gasteiger partial charge in [0, 0.05) is 11.8 Å². The zero-order valence-electron chi connectivity index (χ0n) is 25.9. The molecule has 0 saturated heterocycles. The average Bonchev–Trinajstić information content (AvgIpc) is 2.78. The Hall–Kier alpha value is -0.659. The Bertz CT molecular complexity index is 901. The fourth-order valence-corrected chi connectivity index (χ4v) is 8.94. The van der Waals surface area contributed by atoms with E-state index in [1.807, 2.05) is 6.08 Å². The normalized spacial score (nSPS) is 32.2. The van der Waals surface area contributed by atoms with Crippen LogP contribution in [0.3, 0.4) is 0 Å². The van der Waals surface area contributed by atoms with E-state index in [0.29, 0.717) is 6.42 Å². The van der Waals surface area contributed by atoms with Crippen molar-refractivity contribution in [1.82, 2.24) is 0 Å². The third-order valence-electron chi connectivity index (χ3n) is 9.71. The van der Waals surface area contributed by atoms with Crippen molar-refractivity contribution in [3.63, 3.8) is 0 Å². The van der Waals surface area contributed by atoms with Crippen LogP contribution in [-0.4, -0.2) is 37.2 Å². The lowest BCUT2D eigenvalue weighted by atomic mass is 9.51. The van der Waals surface area contributed by atoms with E-state index in [1.54, 1.807) is 0 Å². The number of rotatable bonds is 7. The van der Waals surface area contributed by atoms with Gasteiger partial charge < -0.3 is 13.3 Å². The summed E-state index contributed by atoms with van der Waals surface area (Å²) >= 11 is 0. The zero-order valence-corrected chi connectivity index (χ0v) is 28.9. The maximum atomic E-state index is 11.1. The van der Waals surface area contributed by atoms with Gasteiger partial charge in [-0.3, -0.25) is 0 Å². The van der Waals surface area contributed by atoms with Crippen LogP contribution >= 0.6 is 0 Å². The van der Waals surface area contributed by atoms with Gasteiger partial charge in [0.2, 0.25) is 8.32 Å². The minimum atomic E-state index is -2.16. The molecule has 5 atom stereocenters. The molecule has 1 fully saturated rings. The fraction of sp³-hybridized carbons (Fsp3) is 0.828. The Kier molecular flexibility index (Phi) is 8.61. The van der Waals surface area contributed by atoms with E-state index in [0.717, 1.165) is 18.6 Å². The third kappa shape index (κ3) is 5.83. The summed E-state index contributed by atoms with van der Waals surface area (Å²) in [6.07, 6.45) is 6.20. The van der Waals surface area contributed by atoms with Crippen LogP contribution in [0.25, 0.3) is 0 Å². The molecule has 2 rings (SSSR count). The van der Waals surface area contributed by atoms with Gasteiger partial charge in [-0.15, -0.1) is 6.58 Å². The predicted octanol–water partition coefficient (Wildman–Crippen LogP) is 9.02. The van der Waals surface area contributed by atoms with Crippen molar-refractivity contribution in [3.05, 3.63) is 24.5 Å². The van der Waals surface area contributed by atoms with Gasteiger partial charge in [-0.05, 0) is 80.7 Å². The second kappa shape index (κ2) is 9.82. The molecule has 0 radical (unpaired) electrons. The van der Waals surface area contributed by atoms with Crippen molar-refractivity contribution in [2.24, 2.45) is 16.7 Å². The Labute approximate surface area is 226 Å². The third-order valence-corrected chi connectivity index (χ3v) is 19.5. The van der Waals surface area contributed by atoms with Crippen LogP contribution in [0.15, 0.2) is 24.5 Å². The lowest BCUT2D eigenvalue weighted by molar-refractivity contribution is -0.128.